The molecule has 0 fully saturated rings. The fourth-order valence-electron chi connectivity index (χ4n) is 1.90. The molecule has 0 unspecified atom stereocenters. The molecule has 0 aliphatic carbocycles. The van der Waals surface area contributed by atoms with Crippen LogP contribution < -0.4 is 4.74 Å². The Morgan fingerprint density at radius 2 is 2.22 bits per heavy atom. The minimum Gasteiger partial charge on any atom is -0.494 e. The van der Waals surface area contributed by atoms with Crippen molar-refractivity contribution >= 4 is 28.5 Å². The monoisotopic (exact) mass is 265 g/mol. The van der Waals surface area contributed by atoms with Crippen molar-refractivity contribution in [3.63, 3.8) is 0 Å². The van der Waals surface area contributed by atoms with E-state index < -0.39 is 5.97 Å². The highest BCUT2D eigenvalue weighted by molar-refractivity contribution is 6.38. The van der Waals surface area contributed by atoms with Gasteiger partial charge in [0.1, 0.15) is 16.8 Å². The Morgan fingerprint density at radius 1 is 1.50 bits per heavy atom. The first-order chi connectivity index (χ1) is 8.60. The van der Waals surface area contributed by atoms with Gasteiger partial charge in [0.25, 0.3) is 0 Å². The Kier molecular flexibility index (Phi) is 3.39. The minimum absolute atomic E-state index is 0.0694. The van der Waals surface area contributed by atoms with Crippen molar-refractivity contribution in [2.45, 2.75) is 13.3 Å². The first-order valence-electron chi connectivity index (χ1n) is 5.48. The number of halogens is 1. The Morgan fingerprint density at radius 3 is 2.78 bits per heavy atom. The molecule has 0 saturated carbocycles. The van der Waals surface area contributed by atoms with Crippen LogP contribution in [-0.4, -0.2) is 23.2 Å². The summed E-state index contributed by atoms with van der Waals surface area (Å²) in [6, 6.07) is 5.26. The van der Waals surface area contributed by atoms with Gasteiger partial charge >= 0.3 is 5.97 Å². The molecule has 94 valence electrons. The standard InChI is InChI=1S/C13H12ClNO3/c1-3-8-10(13(16)17)11(14)7-5-4-6-9(18-2)12(7)15-8/h4-6H,3H2,1-2H3,(H,16,17). The Balaban J connectivity index is 2.90. The van der Waals surface area contributed by atoms with Gasteiger partial charge in [-0.25, -0.2) is 9.78 Å². The van der Waals surface area contributed by atoms with Crippen LogP contribution in [-0.2, 0) is 6.42 Å². The number of rotatable bonds is 3. The van der Waals surface area contributed by atoms with Gasteiger partial charge in [-0.15, -0.1) is 0 Å². The lowest BCUT2D eigenvalue weighted by atomic mass is 10.1. The fraction of sp³-hybridized carbons (Fsp3) is 0.231. The number of carboxylic acid groups (broad SMARTS) is 1. The Labute approximate surface area is 109 Å². The molecule has 1 aromatic carbocycles. The van der Waals surface area contributed by atoms with Crippen LogP contribution in [0.1, 0.15) is 23.0 Å². The summed E-state index contributed by atoms with van der Waals surface area (Å²) in [4.78, 5) is 15.6. The van der Waals surface area contributed by atoms with Gasteiger partial charge in [-0.1, -0.05) is 30.7 Å². The van der Waals surface area contributed by atoms with Crippen molar-refractivity contribution in [2.24, 2.45) is 0 Å². The molecule has 0 atom stereocenters. The van der Waals surface area contributed by atoms with E-state index >= 15 is 0 Å². The van der Waals surface area contributed by atoms with E-state index in [0.717, 1.165) is 0 Å². The van der Waals surface area contributed by atoms with E-state index in [1.54, 1.807) is 25.3 Å². The zero-order valence-electron chi connectivity index (χ0n) is 10.0. The quantitative estimate of drug-likeness (QED) is 0.926. The van der Waals surface area contributed by atoms with Gasteiger partial charge in [0, 0.05) is 5.39 Å². The van der Waals surface area contributed by atoms with Crippen molar-refractivity contribution < 1.29 is 14.6 Å². The number of pyridine rings is 1. The normalized spacial score (nSPS) is 10.6. The van der Waals surface area contributed by atoms with E-state index in [-0.39, 0.29) is 10.6 Å². The van der Waals surface area contributed by atoms with Crippen molar-refractivity contribution in [2.75, 3.05) is 7.11 Å². The molecule has 0 radical (unpaired) electrons. The highest BCUT2D eigenvalue weighted by Crippen LogP contribution is 2.33. The van der Waals surface area contributed by atoms with Crippen LogP contribution in [0.15, 0.2) is 18.2 Å². The molecule has 0 aliphatic heterocycles. The molecule has 5 heteroatoms. The lowest BCUT2D eigenvalue weighted by molar-refractivity contribution is 0.0695. The SMILES string of the molecule is CCc1nc2c(OC)cccc2c(Cl)c1C(=O)O. The van der Waals surface area contributed by atoms with Gasteiger partial charge in [-0.05, 0) is 12.5 Å². The van der Waals surface area contributed by atoms with E-state index in [2.05, 4.69) is 4.98 Å². The summed E-state index contributed by atoms with van der Waals surface area (Å²) in [6.45, 7) is 1.84. The van der Waals surface area contributed by atoms with Crippen LogP contribution >= 0.6 is 11.6 Å². The second-order valence-corrected chi connectivity index (χ2v) is 4.14. The van der Waals surface area contributed by atoms with E-state index in [1.807, 2.05) is 6.92 Å². The average molecular weight is 266 g/mol. The molecule has 0 saturated heterocycles. The molecule has 2 rings (SSSR count). The highest BCUT2D eigenvalue weighted by Gasteiger charge is 2.19. The van der Waals surface area contributed by atoms with Crippen LogP contribution in [0.2, 0.25) is 5.02 Å². The number of aromatic nitrogens is 1. The minimum atomic E-state index is -1.06. The van der Waals surface area contributed by atoms with Crippen molar-refractivity contribution in [1.82, 2.24) is 4.98 Å². The summed E-state index contributed by atoms with van der Waals surface area (Å²) in [7, 11) is 1.54. The number of nitrogens with zero attached hydrogens (tertiary/aromatic N) is 1. The Bertz CT molecular complexity index is 625. The first-order valence-corrected chi connectivity index (χ1v) is 5.86. The second kappa shape index (κ2) is 4.82. The number of para-hydroxylation sites is 1. The molecule has 4 nitrogen and oxygen atoms in total. The average Bonchev–Trinajstić information content (AvgIpc) is 2.37. The molecule has 1 heterocycles. The predicted octanol–water partition coefficient (Wildman–Crippen LogP) is 3.16. The number of fused-ring (bicyclic) bond motifs is 1. The topological polar surface area (TPSA) is 59.4 Å². The van der Waals surface area contributed by atoms with Crippen molar-refractivity contribution in [3.05, 3.63) is 34.5 Å². The van der Waals surface area contributed by atoms with E-state index in [0.29, 0.717) is 28.8 Å². The maximum atomic E-state index is 11.2. The Hall–Kier alpha value is -1.81. The second-order valence-electron chi connectivity index (χ2n) is 3.76. The number of carbonyl (C=O) groups is 1. The van der Waals surface area contributed by atoms with Gasteiger partial charge in [-0.2, -0.15) is 0 Å². The smallest absolute Gasteiger partial charge is 0.339 e. The zero-order chi connectivity index (χ0) is 13.3. The molecule has 2 aromatic rings. The van der Waals surface area contributed by atoms with Gasteiger partial charge in [0.2, 0.25) is 0 Å². The van der Waals surface area contributed by atoms with Crippen LogP contribution in [0.4, 0.5) is 0 Å². The number of hydrogen-bond acceptors (Lipinski definition) is 3. The summed E-state index contributed by atoms with van der Waals surface area (Å²) < 4.78 is 5.21. The zero-order valence-corrected chi connectivity index (χ0v) is 10.8. The molecule has 18 heavy (non-hydrogen) atoms. The summed E-state index contributed by atoms with van der Waals surface area (Å²) in [6.07, 6.45) is 0.495. The maximum Gasteiger partial charge on any atom is 0.339 e. The third-order valence-corrected chi connectivity index (χ3v) is 3.15. The summed E-state index contributed by atoms with van der Waals surface area (Å²) in [5, 5.41) is 10.0. The fourth-order valence-corrected chi connectivity index (χ4v) is 2.25. The molecule has 0 aliphatic rings. The molecule has 0 bridgehead atoms. The number of ether oxygens (including phenoxy) is 1. The summed E-state index contributed by atoms with van der Waals surface area (Å²) >= 11 is 6.17. The molecule has 1 aromatic heterocycles. The summed E-state index contributed by atoms with van der Waals surface area (Å²) in [5.41, 5.74) is 1.12. The molecule has 0 amide bonds. The molecule has 0 spiro atoms. The third-order valence-electron chi connectivity index (χ3n) is 2.76. The number of carboxylic acids is 1. The van der Waals surface area contributed by atoms with E-state index in [9.17, 15) is 9.90 Å². The molecular weight excluding hydrogens is 254 g/mol. The number of aryl methyl sites for hydroxylation is 1. The molecule has 1 N–H and O–H groups in total. The number of benzene rings is 1. The largest absolute Gasteiger partial charge is 0.494 e. The van der Waals surface area contributed by atoms with E-state index in [1.165, 1.54) is 0 Å². The van der Waals surface area contributed by atoms with Crippen molar-refractivity contribution in [3.8, 4) is 5.75 Å². The van der Waals surface area contributed by atoms with Gasteiger partial charge in [0.05, 0.1) is 17.8 Å². The van der Waals surface area contributed by atoms with Gasteiger partial charge in [0.15, 0.2) is 0 Å². The lowest BCUT2D eigenvalue weighted by Crippen LogP contribution is -2.06. The van der Waals surface area contributed by atoms with Crippen LogP contribution in [0.3, 0.4) is 0 Å². The number of hydrogen-bond donors (Lipinski definition) is 1. The lowest BCUT2D eigenvalue weighted by Gasteiger charge is -2.11. The van der Waals surface area contributed by atoms with Crippen LogP contribution in [0.5, 0.6) is 5.75 Å². The summed E-state index contributed by atoms with van der Waals surface area (Å²) in [5.74, 6) is -0.477. The number of methoxy groups -OCH3 is 1. The predicted molar refractivity (Wildman–Crippen MR) is 69.6 cm³/mol. The van der Waals surface area contributed by atoms with Crippen LogP contribution in [0.25, 0.3) is 10.9 Å². The molecular formula is C13H12ClNO3. The van der Waals surface area contributed by atoms with Gasteiger partial charge in [-0.3, -0.25) is 0 Å². The van der Waals surface area contributed by atoms with Crippen LogP contribution in [0, 0.1) is 0 Å². The number of aromatic carboxylic acids is 1. The van der Waals surface area contributed by atoms with E-state index in [4.69, 9.17) is 16.3 Å². The first kappa shape index (κ1) is 12.6. The highest BCUT2D eigenvalue weighted by atomic mass is 35.5. The van der Waals surface area contributed by atoms with Gasteiger partial charge < -0.3 is 9.84 Å². The van der Waals surface area contributed by atoms with Crippen molar-refractivity contribution in [1.29, 1.82) is 0 Å². The third kappa shape index (κ3) is 1.88. The maximum absolute atomic E-state index is 11.2.